The second kappa shape index (κ2) is 29.0. The topological polar surface area (TPSA) is 0 Å². The summed E-state index contributed by atoms with van der Waals surface area (Å²) in [5, 5.41) is 0. The lowest BCUT2D eigenvalue weighted by atomic mass is 9.96. The lowest BCUT2D eigenvalue weighted by Gasteiger charge is -2.11. The molecular formula is C32H66. The van der Waals surface area contributed by atoms with E-state index in [2.05, 4.69) is 20.8 Å². The van der Waals surface area contributed by atoms with E-state index in [0.29, 0.717) is 0 Å². The average Bonchev–Trinajstić information content (AvgIpc) is 2.80. The van der Waals surface area contributed by atoms with Crippen LogP contribution in [0.2, 0.25) is 0 Å². The standard InChI is InChI=1S/C32H66/c1-4-6-8-10-12-13-14-15-16-17-18-19-20-21-22-23-24-25-27-29-31-32(3)30-28-26-11-9-7-5-2/h32H,4-31H2,1-3H3/t32-/m0/s1. The van der Waals surface area contributed by atoms with E-state index < -0.39 is 0 Å². The summed E-state index contributed by atoms with van der Waals surface area (Å²) in [6.07, 6.45) is 41.3. The fourth-order valence-corrected chi connectivity index (χ4v) is 5.17. The highest BCUT2D eigenvalue weighted by Gasteiger charge is 2.02. The van der Waals surface area contributed by atoms with Crippen molar-refractivity contribution in [3.05, 3.63) is 0 Å². The normalized spacial score (nSPS) is 12.5. The van der Waals surface area contributed by atoms with Gasteiger partial charge in [0, 0.05) is 0 Å². The zero-order valence-corrected chi connectivity index (χ0v) is 23.4. The zero-order chi connectivity index (χ0) is 23.4. The number of unbranched alkanes of at least 4 members (excludes halogenated alkanes) is 24. The zero-order valence-electron chi connectivity index (χ0n) is 23.4. The van der Waals surface area contributed by atoms with Crippen molar-refractivity contribution < 1.29 is 0 Å². The molecule has 0 saturated heterocycles. The molecule has 0 aliphatic heterocycles. The Morgan fingerprint density at radius 1 is 0.281 bits per heavy atom. The van der Waals surface area contributed by atoms with Crippen LogP contribution in [0.1, 0.15) is 201 Å². The third-order valence-electron chi connectivity index (χ3n) is 7.60. The minimum Gasteiger partial charge on any atom is -0.0654 e. The Hall–Kier alpha value is 0. The van der Waals surface area contributed by atoms with Gasteiger partial charge in [0.15, 0.2) is 0 Å². The van der Waals surface area contributed by atoms with E-state index >= 15 is 0 Å². The summed E-state index contributed by atoms with van der Waals surface area (Å²) in [6.45, 7) is 7.10. The molecule has 0 heterocycles. The molecule has 0 spiro atoms. The molecule has 0 aliphatic rings. The molecule has 0 aromatic carbocycles. The Labute approximate surface area is 206 Å². The highest BCUT2D eigenvalue weighted by Crippen LogP contribution is 2.19. The molecule has 0 bridgehead atoms. The maximum atomic E-state index is 2.49. The summed E-state index contributed by atoms with van der Waals surface area (Å²) in [7, 11) is 0. The maximum Gasteiger partial charge on any atom is -0.0443 e. The Morgan fingerprint density at radius 3 is 0.688 bits per heavy atom. The minimum absolute atomic E-state index is 0.969. The first-order valence-corrected chi connectivity index (χ1v) is 15.8. The Bertz CT molecular complexity index is 307. The van der Waals surface area contributed by atoms with Crippen LogP contribution in [-0.2, 0) is 0 Å². The Morgan fingerprint density at radius 2 is 0.469 bits per heavy atom. The number of hydrogen-bond donors (Lipinski definition) is 0. The van der Waals surface area contributed by atoms with Crippen LogP contribution in [0, 0.1) is 5.92 Å². The molecule has 0 fully saturated rings. The van der Waals surface area contributed by atoms with E-state index in [4.69, 9.17) is 0 Å². The van der Waals surface area contributed by atoms with Crippen LogP contribution in [0.15, 0.2) is 0 Å². The summed E-state index contributed by atoms with van der Waals surface area (Å²) in [4.78, 5) is 0. The fourth-order valence-electron chi connectivity index (χ4n) is 5.17. The van der Waals surface area contributed by atoms with Crippen LogP contribution in [0.5, 0.6) is 0 Å². The van der Waals surface area contributed by atoms with Gasteiger partial charge in [-0.3, -0.25) is 0 Å². The van der Waals surface area contributed by atoms with Gasteiger partial charge in [-0.15, -0.1) is 0 Å². The summed E-state index contributed by atoms with van der Waals surface area (Å²) in [5.41, 5.74) is 0. The Kier molecular flexibility index (Phi) is 29.0. The lowest BCUT2D eigenvalue weighted by Crippen LogP contribution is -1.95. The fraction of sp³-hybridized carbons (Fsp3) is 1.00. The van der Waals surface area contributed by atoms with Gasteiger partial charge < -0.3 is 0 Å². The first-order chi connectivity index (χ1) is 15.8. The molecule has 0 aromatic heterocycles. The van der Waals surface area contributed by atoms with Gasteiger partial charge in [-0.2, -0.15) is 0 Å². The van der Waals surface area contributed by atoms with Crippen LogP contribution in [0.3, 0.4) is 0 Å². The second-order valence-corrected chi connectivity index (χ2v) is 11.2. The molecule has 1 atom stereocenters. The molecule has 0 aromatic rings. The quantitative estimate of drug-likeness (QED) is 0.104. The maximum absolute atomic E-state index is 2.49. The van der Waals surface area contributed by atoms with Crippen molar-refractivity contribution in [2.45, 2.75) is 201 Å². The predicted octanol–water partition coefficient (Wildman–Crippen LogP) is 12.6. The van der Waals surface area contributed by atoms with Gasteiger partial charge in [-0.1, -0.05) is 201 Å². The lowest BCUT2D eigenvalue weighted by molar-refractivity contribution is 0.430. The number of hydrogen-bond acceptors (Lipinski definition) is 0. The molecule has 0 aliphatic carbocycles. The summed E-state index contributed by atoms with van der Waals surface area (Å²) in [6, 6.07) is 0. The highest BCUT2D eigenvalue weighted by atomic mass is 14.1. The van der Waals surface area contributed by atoms with Gasteiger partial charge >= 0.3 is 0 Å². The van der Waals surface area contributed by atoms with E-state index in [-0.39, 0.29) is 0 Å². The second-order valence-electron chi connectivity index (χ2n) is 11.2. The predicted molar refractivity (Wildman–Crippen MR) is 150 cm³/mol. The van der Waals surface area contributed by atoms with E-state index in [9.17, 15) is 0 Å². The summed E-state index contributed by atoms with van der Waals surface area (Å²) < 4.78 is 0. The molecule has 194 valence electrons. The van der Waals surface area contributed by atoms with Crippen molar-refractivity contribution in [3.8, 4) is 0 Å². The van der Waals surface area contributed by atoms with Crippen molar-refractivity contribution in [2.24, 2.45) is 5.92 Å². The van der Waals surface area contributed by atoms with Crippen molar-refractivity contribution in [1.29, 1.82) is 0 Å². The monoisotopic (exact) mass is 451 g/mol. The Balaban J connectivity index is 3.09. The van der Waals surface area contributed by atoms with Crippen LogP contribution in [0.4, 0.5) is 0 Å². The molecule has 0 saturated carbocycles. The van der Waals surface area contributed by atoms with Crippen LogP contribution in [-0.4, -0.2) is 0 Å². The van der Waals surface area contributed by atoms with Gasteiger partial charge in [0.25, 0.3) is 0 Å². The minimum atomic E-state index is 0.969. The van der Waals surface area contributed by atoms with Gasteiger partial charge in [-0.25, -0.2) is 0 Å². The van der Waals surface area contributed by atoms with Gasteiger partial charge in [0.1, 0.15) is 0 Å². The molecule has 0 rings (SSSR count). The smallest absolute Gasteiger partial charge is 0.0443 e. The van der Waals surface area contributed by atoms with Crippen LogP contribution < -0.4 is 0 Å². The van der Waals surface area contributed by atoms with Crippen molar-refractivity contribution in [3.63, 3.8) is 0 Å². The molecule has 0 unspecified atom stereocenters. The van der Waals surface area contributed by atoms with E-state index in [1.165, 1.54) is 180 Å². The molecule has 0 heteroatoms. The largest absolute Gasteiger partial charge is 0.0654 e. The molecule has 0 nitrogen and oxygen atoms in total. The third-order valence-corrected chi connectivity index (χ3v) is 7.60. The van der Waals surface area contributed by atoms with E-state index in [1.54, 1.807) is 0 Å². The first kappa shape index (κ1) is 32.0. The van der Waals surface area contributed by atoms with Crippen molar-refractivity contribution in [1.82, 2.24) is 0 Å². The molecule has 32 heavy (non-hydrogen) atoms. The SMILES string of the molecule is CCCCCCCCCCCCCCCCCCCCCC[C@@H](C)CCCCCCCC. The molecule has 0 radical (unpaired) electrons. The first-order valence-electron chi connectivity index (χ1n) is 15.8. The van der Waals surface area contributed by atoms with Crippen LogP contribution >= 0.6 is 0 Å². The molecular weight excluding hydrogens is 384 g/mol. The van der Waals surface area contributed by atoms with Crippen LogP contribution in [0.25, 0.3) is 0 Å². The van der Waals surface area contributed by atoms with Gasteiger partial charge in [-0.05, 0) is 5.92 Å². The van der Waals surface area contributed by atoms with E-state index in [1.807, 2.05) is 0 Å². The van der Waals surface area contributed by atoms with Crippen molar-refractivity contribution >= 4 is 0 Å². The van der Waals surface area contributed by atoms with Gasteiger partial charge in [0.2, 0.25) is 0 Å². The highest BCUT2D eigenvalue weighted by molar-refractivity contribution is 4.56. The van der Waals surface area contributed by atoms with Crippen molar-refractivity contribution in [2.75, 3.05) is 0 Å². The average molecular weight is 451 g/mol. The summed E-state index contributed by atoms with van der Waals surface area (Å²) >= 11 is 0. The van der Waals surface area contributed by atoms with E-state index in [0.717, 1.165) is 5.92 Å². The summed E-state index contributed by atoms with van der Waals surface area (Å²) in [5.74, 6) is 0.969. The molecule has 0 N–H and O–H groups in total. The van der Waals surface area contributed by atoms with Gasteiger partial charge in [0.05, 0.1) is 0 Å². The third kappa shape index (κ3) is 28.0. The number of rotatable bonds is 28. The molecule has 0 amide bonds.